The molecule has 3 nitrogen and oxygen atoms in total. The average molecular weight is 243 g/mol. The molecule has 0 atom stereocenters. The van der Waals surface area contributed by atoms with E-state index in [0.29, 0.717) is 0 Å². The first kappa shape index (κ1) is 12.6. The van der Waals surface area contributed by atoms with E-state index in [9.17, 15) is 0 Å². The molecule has 3 heteroatoms. The number of anilines is 2. The molecule has 2 N–H and O–H groups in total. The third-order valence-electron chi connectivity index (χ3n) is 3.14. The van der Waals surface area contributed by atoms with Gasteiger partial charge in [0.05, 0.1) is 6.54 Å². The van der Waals surface area contributed by atoms with Crippen LogP contribution in [0.1, 0.15) is 19.5 Å². The molecule has 2 rings (SSSR count). The molecule has 2 aromatic rings. The number of nitrogens with one attached hydrogen (secondary N) is 2. The van der Waals surface area contributed by atoms with Gasteiger partial charge in [0.25, 0.3) is 0 Å². The number of rotatable bonds is 6. The second-order valence-corrected chi connectivity index (χ2v) is 4.27. The Morgan fingerprint density at radius 2 is 1.78 bits per heavy atom. The number of hydrogen-bond donors (Lipinski definition) is 2. The molecule has 0 saturated heterocycles. The van der Waals surface area contributed by atoms with Gasteiger partial charge in [0.2, 0.25) is 0 Å². The largest absolute Gasteiger partial charge is 0.379 e. The molecule has 0 radical (unpaired) electrons. The highest BCUT2D eigenvalue weighted by molar-refractivity contribution is 5.55. The molecule has 1 aromatic heterocycles. The second-order valence-electron chi connectivity index (χ2n) is 4.27. The van der Waals surface area contributed by atoms with Gasteiger partial charge >= 0.3 is 0 Å². The lowest BCUT2D eigenvalue weighted by atomic mass is 10.2. The fourth-order valence-corrected chi connectivity index (χ4v) is 2.05. The quantitative estimate of drug-likeness (QED) is 0.814. The predicted molar refractivity (Wildman–Crippen MR) is 78.1 cm³/mol. The van der Waals surface area contributed by atoms with E-state index >= 15 is 0 Å². The lowest BCUT2D eigenvalue weighted by Crippen LogP contribution is -2.21. The zero-order valence-corrected chi connectivity index (χ0v) is 11.1. The highest BCUT2D eigenvalue weighted by atomic mass is 15.1. The Bertz CT molecular complexity index is 441. The van der Waals surface area contributed by atoms with Gasteiger partial charge in [-0.2, -0.15) is 0 Å². The molecule has 0 aliphatic heterocycles. The Morgan fingerprint density at radius 1 is 1.06 bits per heavy atom. The zero-order chi connectivity index (χ0) is 12.8. The molecule has 18 heavy (non-hydrogen) atoms. The molecule has 0 aliphatic rings. The van der Waals surface area contributed by atoms with Crippen LogP contribution in [0, 0.1) is 0 Å². The summed E-state index contributed by atoms with van der Waals surface area (Å²) < 4.78 is 0. The molecule has 0 saturated carbocycles. The van der Waals surface area contributed by atoms with Crippen LogP contribution in [-0.2, 0) is 6.54 Å². The molecule has 96 valence electrons. The Labute approximate surface area is 109 Å². The normalized spacial score (nSPS) is 10.3. The minimum Gasteiger partial charge on any atom is -0.379 e. The van der Waals surface area contributed by atoms with Gasteiger partial charge in [-0.1, -0.05) is 0 Å². The number of benzene rings is 1. The van der Waals surface area contributed by atoms with Crippen molar-refractivity contribution >= 4 is 11.4 Å². The van der Waals surface area contributed by atoms with Crippen LogP contribution >= 0.6 is 0 Å². The Balaban J connectivity index is 1.95. The lowest BCUT2D eigenvalue weighted by molar-refractivity contribution is 0.866. The van der Waals surface area contributed by atoms with E-state index in [4.69, 9.17) is 0 Å². The predicted octanol–water partition coefficient (Wildman–Crippen LogP) is 3.47. The molecule has 0 unspecified atom stereocenters. The molecule has 0 bridgehead atoms. The molecule has 1 aromatic carbocycles. The maximum atomic E-state index is 3.40. The first-order valence-electron chi connectivity index (χ1n) is 6.54. The molecular weight excluding hydrogens is 222 g/mol. The maximum Gasteiger partial charge on any atom is 0.0551 e. The Hall–Kier alpha value is -1.90. The van der Waals surface area contributed by atoms with Crippen LogP contribution in [-0.4, -0.2) is 18.1 Å². The number of aromatic amines is 1. The molecule has 0 aliphatic carbocycles. The fourth-order valence-electron chi connectivity index (χ4n) is 2.05. The summed E-state index contributed by atoms with van der Waals surface area (Å²) in [6, 6.07) is 12.7. The summed E-state index contributed by atoms with van der Waals surface area (Å²) in [5.41, 5.74) is 3.63. The van der Waals surface area contributed by atoms with Gasteiger partial charge in [0, 0.05) is 36.4 Å². The summed E-state index contributed by atoms with van der Waals surface area (Å²) in [7, 11) is 0. The van der Waals surface area contributed by atoms with Crippen LogP contribution in [0.3, 0.4) is 0 Å². The van der Waals surface area contributed by atoms with E-state index < -0.39 is 0 Å². The monoisotopic (exact) mass is 243 g/mol. The van der Waals surface area contributed by atoms with Crippen LogP contribution in [0.5, 0.6) is 0 Å². The molecule has 1 heterocycles. The molecule has 0 amide bonds. The Morgan fingerprint density at radius 3 is 2.33 bits per heavy atom. The summed E-state index contributed by atoms with van der Waals surface area (Å²) in [5, 5.41) is 3.40. The minimum atomic E-state index is 0.831. The van der Waals surface area contributed by atoms with Crippen LogP contribution < -0.4 is 10.2 Å². The molecular formula is C15H21N3. The summed E-state index contributed by atoms with van der Waals surface area (Å²) in [6.07, 6.45) is 1.94. The molecule has 0 spiro atoms. The van der Waals surface area contributed by atoms with E-state index in [1.54, 1.807) is 0 Å². The van der Waals surface area contributed by atoms with E-state index in [1.807, 2.05) is 12.3 Å². The third kappa shape index (κ3) is 3.06. The van der Waals surface area contributed by atoms with Crippen molar-refractivity contribution in [3.8, 4) is 0 Å². The minimum absolute atomic E-state index is 0.831. The first-order valence-corrected chi connectivity index (χ1v) is 6.54. The van der Waals surface area contributed by atoms with E-state index in [2.05, 4.69) is 59.4 Å². The van der Waals surface area contributed by atoms with Gasteiger partial charge in [-0.3, -0.25) is 0 Å². The topological polar surface area (TPSA) is 31.1 Å². The van der Waals surface area contributed by atoms with Gasteiger partial charge in [0.15, 0.2) is 0 Å². The van der Waals surface area contributed by atoms with E-state index in [0.717, 1.165) is 25.3 Å². The van der Waals surface area contributed by atoms with Crippen molar-refractivity contribution < 1.29 is 0 Å². The number of H-pyrrole nitrogens is 1. The van der Waals surface area contributed by atoms with Gasteiger partial charge in [-0.25, -0.2) is 0 Å². The van der Waals surface area contributed by atoms with Crippen molar-refractivity contribution in [3.63, 3.8) is 0 Å². The van der Waals surface area contributed by atoms with Gasteiger partial charge in [0.1, 0.15) is 0 Å². The van der Waals surface area contributed by atoms with Gasteiger partial charge in [-0.15, -0.1) is 0 Å². The lowest BCUT2D eigenvalue weighted by Gasteiger charge is -2.21. The van der Waals surface area contributed by atoms with Crippen molar-refractivity contribution in [2.75, 3.05) is 23.3 Å². The highest BCUT2D eigenvalue weighted by Gasteiger charge is 2.01. The summed E-state index contributed by atoms with van der Waals surface area (Å²) in [4.78, 5) is 5.53. The second kappa shape index (κ2) is 6.15. The first-order chi connectivity index (χ1) is 8.83. The Kier molecular flexibility index (Phi) is 4.29. The standard InChI is InChI=1S/C15H21N3/c1-3-18(4-2)15-9-7-13(8-10-15)17-12-14-6-5-11-16-14/h5-11,16-17H,3-4,12H2,1-2H3. The van der Waals surface area contributed by atoms with Crippen molar-refractivity contribution in [1.82, 2.24) is 4.98 Å². The SMILES string of the molecule is CCN(CC)c1ccc(NCc2ccc[nH]2)cc1. The van der Waals surface area contributed by atoms with Crippen LogP contribution in [0.25, 0.3) is 0 Å². The van der Waals surface area contributed by atoms with Crippen molar-refractivity contribution in [1.29, 1.82) is 0 Å². The summed E-state index contributed by atoms with van der Waals surface area (Å²) in [6.45, 7) is 7.29. The zero-order valence-electron chi connectivity index (χ0n) is 11.1. The van der Waals surface area contributed by atoms with Crippen molar-refractivity contribution in [3.05, 3.63) is 48.3 Å². The van der Waals surface area contributed by atoms with E-state index in [-0.39, 0.29) is 0 Å². The van der Waals surface area contributed by atoms with E-state index in [1.165, 1.54) is 11.4 Å². The van der Waals surface area contributed by atoms with Crippen LogP contribution in [0.4, 0.5) is 11.4 Å². The molecule has 0 fully saturated rings. The van der Waals surface area contributed by atoms with Crippen molar-refractivity contribution in [2.45, 2.75) is 20.4 Å². The number of aromatic nitrogens is 1. The van der Waals surface area contributed by atoms with Crippen LogP contribution in [0.2, 0.25) is 0 Å². The summed E-state index contributed by atoms with van der Waals surface area (Å²) in [5.74, 6) is 0. The third-order valence-corrected chi connectivity index (χ3v) is 3.14. The number of nitrogens with zero attached hydrogens (tertiary/aromatic N) is 1. The summed E-state index contributed by atoms with van der Waals surface area (Å²) >= 11 is 0. The smallest absolute Gasteiger partial charge is 0.0551 e. The van der Waals surface area contributed by atoms with Crippen molar-refractivity contribution in [2.24, 2.45) is 0 Å². The average Bonchev–Trinajstić information content (AvgIpc) is 2.92. The highest BCUT2D eigenvalue weighted by Crippen LogP contribution is 2.18. The van der Waals surface area contributed by atoms with Crippen LogP contribution in [0.15, 0.2) is 42.6 Å². The maximum absolute atomic E-state index is 3.40. The number of hydrogen-bond acceptors (Lipinski definition) is 2. The van der Waals surface area contributed by atoms with Gasteiger partial charge < -0.3 is 15.2 Å². The fraction of sp³-hybridized carbons (Fsp3) is 0.333. The van der Waals surface area contributed by atoms with Gasteiger partial charge in [-0.05, 0) is 50.2 Å².